The van der Waals surface area contributed by atoms with Crippen molar-refractivity contribution in [3.63, 3.8) is 0 Å². The van der Waals surface area contributed by atoms with Crippen LogP contribution >= 0.6 is 0 Å². The highest BCUT2D eigenvalue weighted by molar-refractivity contribution is 7.92. The van der Waals surface area contributed by atoms with E-state index in [0.717, 1.165) is 12.1 Å². The Morgan fingerprint density at radius 3 is 2.58 bits per heavy atom. The van der Waals surface area contributed by atoms with Crippen LogP contribution < -0.4 is 14.2 Å². The van der Waals surface area contributed by atoms with Gasteiger partial charge in [-0.15, -0.1) is 0 Å². The van der Waals surface area contributed by atoms with Gasteiger partial charge in [-0.1, -0.05) is 6.92 Å². The van der Waals surface area contributed by atoms with Crippen molar-refractivity contribution in [1.82, 2.24) is 19.9 Å². The first-order valence-electron chi connectivity index (χ1n) is 10.6. The number of hydrogen-bond donors (Lipinski definition) is 2. The van der Waals surface area contributed by atoms with Gasteiger partial charge in [0.1, 0.15) is 17.2 Å². The molecular formula is C23H21F2N5O5S. The lowest BCUT2D eigenvalue weighted by molar-refractivity contribution is 0.103. The Morgan fingerprint density at radius 2 is 1.89 bits per heavy atom. The third-order valence-corrected chi connectivity index (χ3v) is 6.72. The summed E-state index contributed by atoms with van der Waals surface area (Å²) in [5.41, 5.74) is -0.0750. The molecule has 0 fully saturated rings. The molecule has 0 amide bonds. The number of methoxy groups -OCH3 is 2. The molecule has 1 aromatic carbocycles. The van der Waals surface area contributed by atoms with Crippen LogP contribution in [0.15, 0.2) is 36.8 Å². The molecule has 0 aliphatic carbocycles. The number of benzene rings is 1. The van der Waals surface area contributed by atoms with Gasteiger partial charge in [-0.25, -0.2) is 27.2 Å². The minimum Gasteiger partial charge on any atom is -0.480 e. The minimum atomic E-state index is -4.00. The number of pyridine rings is 1. The zero-order valence-corrected chi connectivity index (χ0v) is 20.2. The standard InChI is InChI=1S/C23H21F2N5O5S/c1-4-7-36(32,33)30-19-17(24)6-5-13(18(19)25)20(31)16-11-27-21-14(16)8-12(9-26-21)15-10-28-23(35-3)29-22(15)34-2/h5-6,8-11,30H,4,7H2,1-3H3,(H,26,27). The van der Waals surface area contributed by atoms with Crippen LogP contribution in [0.2, 0.25) is 0 Å². The van der Waals surface area contributed by atoms with Gasteiger partial charge in [0.25, 0.3) is 0 Å². The van der Waals surface area contributed by atoms with E-state index < -0.39 is 38.7 Å². The highest BCUT2D eigenvalue weighted by Gasteiger charge is 2.25. The van der Waals surface area contributed by atoms with Gasteiger partial charge in [0.2, 0.25) is 15.9 Å². The molecular weight excluding hydrogens is 496 g/mol. The molecule has 13 heteroatoms. The molecule has 4 aromatic rings. The summed E-state index contributed by atoms with van der Waals surface area (Å²) in [6.45, 7) is 1.61. The molecule has 0 bridgehead atoms. The highest BCUT2D eigenvalue weighted by Crippen LogP contribution is 2.32. The molecule has 0 saturated heterocycles. The maximum absolute atomic E-state index is 15.2. The second-order valence-corrected chi connectivity index (χ2v) is 9.48. The van der Waals surface area contributed by atoms with Crippen molar-refractivity contribution < 1.29 is 31.5 Å². The largest absolute Gasteiger partial charge is 0.480 e. The lowest BCUT2D eigenvalue weighted by atomic mass is 10.0. The number of rotatable bonds is 9. The van der Waals surface area contributed by atoms with Crippen molar-refractivity contribution in [1.29, 1.82) is 0 Å². The first-order chi connectivity index (χ1) is 17.2. The van der Waals surface area contributed by atoms with Crippen LogP contribution in [-0.4, -0.2) is 54.1 Å². The predicted molar refractivity (Wildman–Crippen MR) is 128 cm³/mol. The summed E-state index contributed by atoms with van der Waals surface area (Å²) >= 11 is 0. The maximum atomic E-state index is 15.2. The topological polar surface area (TPSA) is 136 Å². The number of H-pyrrole nitrogens is 1. The Morgan fingerprint density at radius 1 is 1.11 bits per heavy atom. The average Bonchev–Trinajstić information content (AvgIpc) is 3.29. The number of hydrogen-bond acceptors (Lipinski definition) is 8. The Bertz CT molecular complexity index is 1570. The zero-order valence-electron chi connectivity index (χ0n) is 19.4. The van der Waals surface area contributed by atoms with Crippen molar-refractivity contribution in [3.8, 4) is 23.0 Å². The summed E-state index contributed by atoms with van der Waals surface area (Å²) in [5, 5.41) is 0.340. The van der Waals surface area contributed by atoms with E-state index in [1.54, 1.807) is 13.0 Å². The van der Waals surface area contributed by atoms with Gasteiger partial charge in [-0.2, -0.15) is 4.98 Å². The SMILES string of the molecule is CCCS(=O)(=O)Nc1c(F)ccc(C(=O)c2c[nH]c3ncc(-c4cnc(OC)nc4OC)cc23)c1F. The van der Waals surface area contributed by atoms with E-state index >= 15 is 4.39 Å². The van der Waals surface area contributed by atoms with Gasteiger partial charge in [0.05, 0.1) is 31.1 Å². The summed E-state index contributed by atoms with van der Waals surface area (Å²) in [4.78, 5) is 28.6. The molecule has 188 valence electrons. The maximum Gasteiger partial charge on any atom is 0.319 e. The minimum absolute atomic E-state index is 0.0422. The molecule has 0 aliphatic rings. The summed E-state index contributed by atoms with van der Waals surface area (Å²) < 4.78 is 65.9. The number of halogens is 2. The first kappa shape index (κ1) is 25.0. The second kappa shape index (κ2) is 9.85. The van der Waals surface area contributed by atoms with Gasteiger partial charge in [0.15, 0.2) is 11.6 Å². The van der Waals surface area contributed by atoms with E-state index in [4.69, 9.17) is 9.47 Å². The fourth-order valence-electron chi connectivity index (χ4n) is 3.58. The van der Waals surface area contributed by atoms with Crippen molar-refractivity contribution >= 4 is 32.5 Å². The highest BCUT2D eigenvalue weighted by atomic mass is 32.2. The monoisotopic (exact) mass is 517 g/mol. The summed E-state index contributed by atoms with van der Waals surface area (Å²) in [7, 11) is -1.16. The average molecular weight is 518 g/mol. The van der Waals surface area contributed by atoms with Gasteiger partial charge in [-0.3, -0.25) is 9.52 Å². The second-order valence-electron chi connectivity index (χ2n) is 7.64. The molecule has 3 aromatic heterocycles. The molecule has 0 radical (unpaired) electrons. The number of nitrogens with one attached hydrogen (secondary N) is 2. The van der Waals surface area contributed by atoms with Crippen molar-refractivity contribution in [2.75, 3.05) is 24.7 Å². The van der Waals surface area contributed by atoms with E-state index in [-0.39, 0.29) is 29.6 Å². The van der Waals surface area contributed by atoms with Crippen LogP contribution in [0.5, 0.6) is 11.9 Å². The first-order valence-corrected chi connectivity index (χ1v) is 12.3. The normalized spacial score (nSPS) is 11.5. The molecule has 0 unspecified atom stereocenters. The van der Waals surface area contributed by atoms with Gasteiger partial charge in [-0.05, 0) is 24.6 Å². The molecule has 0 saturated carbocycles. The van der Waals surface area contributed by atoms with Gasteiger partial charge >= 0.3 is 6.01 Å². The number of aromatic nitrogens is 4. The van der Waals surface area contributed by atoms with Crippen LogP contribution in [0.3, 0.4) is 0 Å². The lowest BCUT2D eigenvalue weighted by Gasteiger charge is -2.12. The summed E-state index contributed by atoms with van der Waals surface area (Å²) in [6.07, 6.45) is 4.57. The fraction of sp³-hybridized carbons (Fsp3) is 0.217. The van der Waals surface area contributed by atoms with Crippen molar-refractivity contribution in [2.45, 2.75) is 13.3 Å². The predicted octanol–water partition coefficient (Wildman–Crippen LogP) is 3.70. The molecule has 3 heterocycles. The van der Waals surface area contributed by atoms with E-state index in [1.165, 1.54) is 32.8 Å². The molecule has 2 N–H and O–H groups in total. The van der Waals surface area contributed by atoms with Crippen LogP contribution in [0.1, 0.15) is 29.3 Å². The Hall–Kier alpha value is -4.13. The number of fused-ring (bicyclic) bond motifs is 1. The molecule has 0 spiro atoms. The van der Waals surface area contributed by atoms with Crippen molar-refractivity contribution in [2.24, 2.45) is 0 Å². The lowest BCUT2D eigenvalue weighted by Crippen LogP contribution is -2.19. The third kappa shape index (κ3) is 4.69. The number of carbonyl (C=O) groups is 1. The van der Waals surface area contributed by atoms with E-state index in [1.807, 2.05) is 4.72 Å². The molecule has 0 atom stereocenters. The molecule has 36 heavy (non-hydrogen) atoms. The number of sulfonamides is 1. The van der Waals surface area contributed by atoms with Gasteiger partial charge in [0, 0.05) is 35.1 Å². The molecule has 4 rings (SSSR count). The number of carbonyl (C=O) groups excluding carboxylic acids is 1. The summed E-state index contributed by atoms with van der Waals surface area (Å²) in [6, 6.07) is 3.50. The van der Waals surface area contributed by atoms with Crippen LogP contribution in [0.25, 0.3) is 22.2 Å². The third-order valence-electron chi connectivity index (χ3n) is 5.26. The van der Waals surface area contributed by atoms with Crippen molar-refractivity contribution in [3.05, 3.63) is 59.6 Å². The Kier molecular flexibility index (Phi) is 6.84. The molecule has 10 nitrogen and oxygen atoms in total. The smallest absolute Gasteiger partial charge is 0.319 e. The van der Waals surface area contributed by atoms with Crippen LogP contribution in [-0.2, 0) is 10.0 Å². The summed E-state index contributed by atoms with van der Waals surface area (Å²) in [5.74, 6) is -3.38. The van der Waals surface area contributed by atoms with Crippen LogP contribution in [0, 0.1) is 11.6 Å². The fourth-order valence-corrected chi connectivity index (χ4v) is 4.72. The van der Waals surface area contributed by atoms with Crippen LogP contribution in [0.4, 0.5) is 14.5 Å². The number of aromatic amines is 1. The van der Waals surface area contributed by atoms with E-state index in [9.17, 15) is 17.6 Å². The number of ketones is 1. The van der Waals surface area contributed by atoms with E-state index in [2.05, 4.69) is 19.9 Å². The Labute approximate surface area is 204 Å². The Balaban J connectivity index is 1.78. The number of nitrogens with zero attached hydrogens (tertiary/aromatic N) is 3. The van der Waals surface area contributed by atoms with E-state index in [0.29, 0.717) is 22.2 Å². The van der Waals surface area contributed by atoms with Gasteiger partial charge < -0.3 is 14.5 Å². The number of anilines is 1. The zero-order chi connectivity index (χ0) is 26.0. The molecule has 0 aliphatic heterocycles. The number of ether oxygens (including phenoxy) is 2. The quantitative estimate of drug-likeness (QED) is 0.321.